The first-order chi connectivity index (χ1) is 31.6. The maximum Gasteiger partial charge on any atom is 0.135 e. The van der Waals surface area contributed by atoms with Crippen molar-refractivity contribution >= 4 is 71.3 Å². The van der Waals surface area contributed by atoms with E-state index in [1.165, 1.54) is 54.6 Å². The number of nitrogens with zero attached hydrogens (tertiary/aromatic N) is 1. The lowest BCUT2D eigenvalue weighted by atomic mass is 9.97. The molecule has 0 saturated heterocycles. The lowest BCUT2D eigenvalue weighted by Crippen LogP contribution is -2.09. The van der Waals surface area contributed by atoms with Gasteiger partial charge in [0.1, 0.15) is 11.2 Å². The van der Waals surface area contributed by atoms with Crippen LogP contribution in [0.2, 0.25) is 0 Å². The summed E-state index contributed by atoms with van der Waals surface area (Å²) in [4.78, 5) is 2.35. The van der Waals surface area contributed by atoms with Gasteiger partial charge >= 0.3 is 0 Å². The third kappa shape index (κ3) is 8.47. The number of hydrogen-bond acceptors (Lipinski definition) is 2. The van der Waals surface area contributed by atoms with Gasteiger partial charge < -0.3 is 9.32 Å². The minimum absolute atomic E-state index is 0.908. The van der Waals surface area contributed by atoms with Gasteiger partial charge in [-0.1, -0.05) is 176 Å². The minimum atomic E-state index is 0.908. The molecule has 0 fully saturated rings. The van der Waals surface area contributed by atoms with Crippen LogP contribution in [-0.2, 0) is 0 Å². The van der Waals surface area contributed by atoms with E-state index in [2.05, 4.69) is 205 Å². The highest BCUT2D eigenvalue weighted by Gasteiger charge is 2.15. The maximum absolute atomic E-state index is 6.11. The third-order valence-electron chi connectivity index (χ3n) is 11.9. The molecule has 0 N–H and O–H groups in total. The molecule has 0 amide bonds. The van der Waals surface area contributed by atoms with Crippen LogP contribution in [0.1, 0.15) is 27.7 Å². The number of hydrogen-bond donors (Lipinski definition) is 0. The fourth-order valence-corrected chi connectivity index (χ4v) is 8.42. The molecule has 0 bridgehead atoms. The van der Waals surface area contributed by atoms with Crippen molar-refractivity contribution in [2.75, 3.05) is 4.90 Å². The summed E-state index contributed by atoms with van der Waals surface area (Å²) < 4.78 is 6.11. The molecule has 0 aliphatic carbocycles. The highest BCUT2D eigenvalue weighted by atomic mass is 16.3. The summed E-state index contributed by atoms with van der Waals surface area (Å²) in [5.74, 6) is 0. The molecule has 0 radical (unpaired) electrons. The molecule has 10 aromatic carbocycles. The van der Waals surface area contributed by atoms with E-state index >= 15 is 0 Å². The molecule has 0 spiro atoms. The van der Waals surface area contributed by atoms with Crippen molar-refractivity contribution in [1.82, 2.24) is 0 Å². The van der Waals surface area contributed by atoms with Crippen LogP contribution in [0.5, 0.6) is 0 Å². The fraction of sp³-hybridized carbons (Fsp3) is 0.0645. The van der Waals surface area contributed by atoms with Gasteiger partial charge in [0.15, 0.2) is 0 Å². The van der Waals surface area contributed by atoms with Gasteiger partial charge in [0.05, 0.1) is 0 Å². The van der Waals surface area contributed by atoms with Crippen LogP contribution >= 0.6 is 0 Å². The summed E-state index contributed by atoms with van der Waals surface area (Å²) in [7, 11) is 0. The predicted molar refractivity (Wildman–Crippen MR) is 278 cm³/mol. The smallest absolute Gasteiger partial charge is 0.135 e. The van der Waals surface area contributed by atoms with E-state index < -0.39 is 0 Å². The van der Waals surface area contributed by atoms with E-state index in [1.807, 2.05) is 64.1 Å². The van der Waals surface area contributed by atoms with Crippen molar-refractivity contribution in [2.45, 2.75) is 27.7 Å². The molecule has 1 heterocycles. The number of furan rings is 1. The normalized spacial score (nSPS) is 11.3. The molecule has 0 aliphatic heterocycles. The molecule has 1 aromatic heterocycles. The zero-order valence-corrected chi connectivity index (χ0v) is 36.9. The first-order valence-electron chi connectivity index (χ1n) is 22.1. The maximum atomic E-state index is 6.11. The SMILES string of the molecule is C/C=C\C.C/C=C\C.c1ccc2c(-c3ccc(N(c4ccc(-c5ccc6c(ccc7ccccc76)c5)cc4)c4ccc(-c5ccc6oc7ccccc7c6c5)cc4)cc3)cccc2c1. The Labute approximate surface area is 376 Å². The first kappa shape index (κ1) is 41.4. The van der Waals surface area contributed by atoms with E-state index in [0.29, 0.717) is 0 Å². The Hall–Kier alpha value is -7.94. The number of anilines is 3. The highest BCUT2D eigenvalue weighted by molar-refractivity contribution is 6.09. The van der Waals surface area contributed by atoms with E-state index in [9.17, 15) is 0 Å². The summed E-state index contributed by atoms with van der Waals surface area (Å²) in [6.45, 7) is 8.00. The molecular formula is C62H51NO. The topological polar surface area (TPSA) is 16.4 Å². The van der Waals surface area contributed by atoms with Crippen LogP contribution in [0.25, 0.3) is 87.6 Å². The van der Waals surface area contributed by atoms with Crippen LogP contribution in [0.4, 0.5) is 17.1 Å². The van der Waals surface area contributed by atoms with Gasteiger partial charge in [0.2, 0.25) is 0 Å². The van der Waals surface area contributed by atoms with Gasteiger partial charge in [-0.3, -0.25) is 0 Å². The number of rotatable bonds is 6. The largest absolute Gasteiger partial charge is 0.456 e. The molecule has 0 unspecified atom stereocenters. The lowest BCUT2D eigenvalue weighted by Gasteiger charge is -2.26. The second-order valence-electron chi connectivity index (χ2n) is 15.9. The number of allylic oxidation sites excluding steroid dienone is 4. The van der Waals surface area contributed by atoms with Gasteiger partial charge in [0, 0.05) is 27.8 Å². The highest BCUT2D eigenvalue weighted by Crippen LogP contribution is 2.40. The average molecular weight is 826 g/mol. The van der Waals surface area contributed by atoms with Crippen LogP contribution in [0.3, 0.4) is 0 Å². The van der Waals surface area contributed by atoms with E-state index in [1.54, 1.807) is 0 Å². The Morgan fingerprint density at radius 2 is 0.734 bits per heavy atom. The van der Waals surface area contributed by atoms with Crippen molar-refractivity contribution in [1.29, 1.82) is 0 Å². The van der Waals surface area contributed by atoms with Crippen LogP contribution in [0.15, 0.2) is 241 Å². The second-order valence-corrected chi connectivity index (χ2v) is 15.9. The summed E-state index contributed by atoms with van der Waals surface area (Å²) in [6, 6.07) is 76.6. The van der Waals surface area contributed by atoms with E-state index in [4.69, 9.17) is 4.42 Å². The van der Waals surface area contributed by atoms with Crippen molar-refractivity contribution in [3.05, 3.63) is 237 Å². The standard InChI is InChI=1S/C54H35NO.2C4H8/c1-3-11-47-38(8-1)10-7-14-49(47)40-22-30-46(31-23-40)55(45-28-20-37(21-29-45)42-25-33-54-52(35-42)51-13-5-6-15-53(51)56-54)44-26-18-36(19-27-44)41-24-32-50-43(34-41)17-16-39-9-2-4-12-48(39)50;2*1-3-4-2/h1-35H;2*3-4H,1-2H3/b;2*4-3-. The van der Waals surface area contributed by atoms with E-state index in [0.717, 1.165) is 50.1 Å². The monoisotopic (exact) mass is 825 g/mol. The molecule has 0 aliphatic rings. The number of para-hydroxylation sites is 1. The Morgan fingerprint density at radius 1 is 0.297 bits per heavy atom. The summed E-state index contributed by atoms with van der Waals surface area (Å²) in [5.41, 5.74) is 12.2. The molecule has 11 aromatic rings. The number of benzene rings is 10. The Kier molecular flexibility index (Phi) is 12.3. The summed E-state index contributed by atoms with van der Waals surface area (Å²) in [6.07, 6.45) is 8.00. The van der Waals surface area contributed by atoms with Gasteiger partial charge in [0.25, 0.3) is 0 Å². The molecule has 0 atom stereocenters. The quantitative estimate of drug-likeness (QED) is 0.123. The number of fused-ring (bicyclic) bond motifs is 7. The summed E-state index contributed by atoms with van der Waals surface area (Å²) in [5, 5.41) is 9.86. The van der Waals surface area contributed by atoms with Crippen molar-refractivity contribution in [2.24, 2.45) is 0 Å². The molecule has 64 heavy (non-hydrogen) atoms. The Morgan fingerprint density at radius 3 is 1.36 bits per heavy atom. The first-order valence-corrected chi connectivity index (χ1v) is 22.1. The molecule has 2 nitrogen and oxygen atoms in total. The zero-order valence-electron chi connectivity index (χ0n) is 36.9. The molecule has 2 heteroatoms. The van der Waals surface area contributed by atoms with Gasteiger partial charge in [-0.15, -0.1) is 0 Å². The van der Waals surface area contributed by atoms with Gasteiger partial charge in [-0.25, -0.2) is 0 Å². The predicted octanol–water partition coefficient (Wildman–Crippen LogP) is 18.7. The molecular weight excluding hydrogens is 775 g/mol. The van der Waals surface area contributed by atoms with Crippen molar-refractivity contribution in [3.8, 4) is 33.4 Å². The van der Waals surface area contributed by atoms with Crippen LogP contribution in [-0.4, -0.2) is 0 Å². The van der Waals surface area contributed by atoms with Crippen LogP contribution < -0.4 is 4.90 Å². The Bertz CT molecular complexity index is 3380. The van der Waals surface area contributed by atoms with E-state index in [-0.39, 0.29) is 0 Å². The van der Waals surface area contributed by atoms with Crippen LogP contribution in [0, 0.1) is 0 Å². The minimum Gasteiger partial charge on any atom is -0.456 e. The molecule has 310 valence electrons. The lowest BCUT2D eigenvalue weighted by molar-refractivity contribution is 0.669. The second kappa shape index (κ2) is 19.0. The van der Waals surface area contributed by atoms with Crippen molar-refractivity contribution < 1.29 is 4.42 Å². The van der Waals surface area contributed by atoms with Crippen molar-refractivity contribution in [3.63, 3.8) is 0 Å². The zero-order chi connectivity index (χ0) is 43.8. The molecule has 0 saturated carbocycles. The average Bonchev–Trinajstić information content (AvgIpc) is 3.75. The Balaban J connectivity index is 0.000000601. The fourth-order valence-electron chi connectivity index (χ4n) is 8.42. The summed E-state index contributed by atoms with van der Waals surface area (Å²) >= 11 is 0. The molecule has 11 rings (SSSR count). The third-order valence-corrected chi connectivity index (χ3v) is 11.9. The van der Waals surface area contributed by atoms with Gasteiger partial charge in [-0.05, 0) is 154 Å². The van der Waals surface area contributed by atoms with Gasteiger partial charge in [-0.2, -0.15) is 0 Å².